The summed E-state index contributed by atoms with van der Waals surface area (Å²) in [6, 6.07) is 12.3. The quantitative estimate of drug-likeness (QED) is 0.729. The van der Waals surface area contributed by atoms with Crippen molar-refractivity contribution < 1.29 is 4.79 Å². The van der Waals surface area contributed by atoms with Crippen LogP contribution in [0, 0.1) is 0 Å². The van der Waals surface area contributed by atoms with Gasteiger partial charge in [-0.2, -0.15) is 0 Å². The lowest BCUT2D eigenvalue weighted by atomic mass is 10.2. The minimum atomic E-state index is -0.326. The number of urea groups is 1. The van der Waals surface area contributed by atoms with Gasteiger partial charge in [0.1, 0.15) is 0 Å². The average Bonchev–Trinajstić information content (AvgIpc) is 2.41. The summed E-state index contributed by atoms with van der Waals surface area (Å²) >= 11 is 9.41. The average molecular weight is 355 g/mol. The van der Waals surface area contributed by atoms with Crippen LogP contribution in [0.15, 0.2) is 46.9 Å². The first-order valence-electron chi connectivity index (χ1n) is 5.89. The molecule has 0 saturated carbocycles. The summed E-state index contributed by atoms with van der Waals surface area (Å²) < 4.78 is 0.950. The van der Waals surface area contributed by atoms with E-state index in [9.17, 15) is 4.79 Å². The summed E-state index contributed by atoms with van der Waals surface area (Å²) in [6.07, 6.45) is 0. The van der Waals surface area contributed by atoms with E-state index in [1.54, 1.807) is 18.2 Å². The van der Waals surface area contributed by atoms with Gasteiger partial charge in [-0.05, 0) is 29.8 Å². The van der Waals surface area contributed by atoms with Crippen molar-refractivity contribution in [2.75, 3.05) is 11.1 Å². The van der Waals surface area contributed by atoms with E-state index in [1.807, 2.05) is 24.3 Å². The summed E-state index contributed by atoms with van der Waals surface area (Å²) in [5.74, 6) is 0. The molecule has 0 aliphatic carbocycles. The lowest BCUT2D eigenvalue weighted by Gasteiger charge is -2.10. The summed E-state index contributed by atoms with van der Waals surface area (Å²) in [7, 11) is 0. The highest BCUT2D eigenvalue weighted by atomic mass is 79.9. The highest BCUT2D eigenvalue weighted by molar-refractivity contribution is 9.10. The van der Waals surface area contributed by atoms with Gasteiger partial charge in [0, 0.05) is 16.7 Å². The molecule has 4 N–H and O–H groups in total. The molecule has 20 heavy (non-hydrogen) atoms. The second kappa shape index (κ2) is 6.63. The third-order valence-corrected chi connectivity index (χ3v) is 3.72. The van der Waals surface area contributed by atoms with Crippen LogP contribution in [-0.2, 0) is 6.54 Å². The van der Waals surface area contributed by atoms with Crippen LogP contribution >= 0.6 is 27.5 Å². The van der Waals surface area contributed by atoms with E-state index in [4.69, 9.17) is 17.3 Å². The molecule has 0 aromatic heterocycles. The molecule has 2 aromatic carbocycles. The van der Waals surface area contributed by atoms with Crippen molar-refractivity contribution >= 4 is 44.9 Å². The van der Waals surface area contributed by atoms with Crippen LogP contribution in [0.3, 0.4) is 0 Å². The zero-order valence-electron chi connectivity index (χ0n) is 10.5. The van der Waals surface area contributed by atoms with Crippen molar-refractivity contribution in [3.8, 4) is 0 Å². The molecule has 0 unspecified atom stereocenters. The minimum absolute atomic E-state index is 0.326. The van der Waals surface area contributed by atoms with E-state index in [-0.39, 0.29) is 6.03 Å². The van der Waals surface area contributed by atoms with E-state index >= 15 is 0 Å². The maximum Gasteiger partial charge on any atom is 0.319 e. The number of nitrogens with one attached hydrogen (secondary N) is 2. The molecular formula is C14H13BrClN3O. The molecule has 0 atom stereocenters. The predicted octanol–water partition coefficient (Wildman–Crippen LogP) is 4.01. The second-order valence-electron chi connectivity index (χ2n) is 4.14. The van der Waals surface area contributed by atoms with Gasteiger partial charge in [0.25, 0.3) is 0 Å². The van der Waals surface area contributed by atoms with Crippen LogP contribution in [0.1, 0.15) is 5.56 Å². The van der Waals surface area contributed by atoms with E-state index in [0.717, 1.165) is 10.0 Å². The number of nitrogens with two attached hydrogens (primary N) is 1. The number of carbonyl (C=O) groups excluding carboxylic acids is 1. The SMILES string of the molecule is Nc1ccc(NC(=O)NCc2ccccc2Br)c(Cl)c1. The number of hydrogen-bond acceptors (Lipinski definition) is 2. The Labute approximate surface area is 130 Å². The zero-order valence-corrected chi connectivity index (χ0v) is 12.8. The number of carbonyl (C=O) groups is 1. The molecule has 0 saturated heterocycles. The van der Waals surface area contributed by atoms with Gasteiger partial charge >= 0.3 is 6.03 Å². The van der Waals surface area contributed by atoms with Gasteiger partial charge in [0.05, 0.1) is 10.7 Å². The Morgan fingerprint density at radius 1 is 1.25 bits per heavy atom. The van der Waals surface area contributed by atoms with Crippen molar-refractivity contribution in [2.24, 2.45) is 0 Å². The van der Waals surface area contributed by atoms with Crippen LogP contribution in [0.4, 0.5) is 16.2 Å². The second-order valence-corrected chi connectivity index (χ2v) is 5.40. The summed E-state index contributed by atoms with van der Waals surface area (Å²) in [5.41, 5.74) is 7.65. The smallest absolute Gasteiger partial charge is 0.319 e. The van der Waals surface area contributed by atoms with Gasteiger partial charge in [-0.1, -0.05) is 45.7 Å². The Kier molecular flexibility index (Phi) is 4.87. The van der Waals surface area contributed by atoms with Crippen LogP contribution < -0.4 is 16.4 Å². The first-order chi connectivity index (χ1) is 9.56. The molecule has 4 nitrogen and oxygen atoms in total. The third kappa shape index (κ3) is 3.88. The fourth-order valence-electron chi connectivity index (χ4n) is 1.62. The lowest BCUT2D eigenvalue weighted by molar-refractivity contribution is 0.251. The van der Waals surface area contributed by atoms with Crippen LogP contribution in [0.2, 0.25) is 5.02 Å². The zero-order chi connectivity index (χ0) is 14.5. The summed E-state index contributed by atoms with van der Waals surface area (Å²) in [6.45, 7) is 0.417. The molecule has 104 valence electrons. The maximum absolute atomic E-state index is 11.8. The van der Waals surface area contributed by atoms with Gasteiger partial charge in [-0.25, -0.2) is 4.79 Å². The molecule has 0 aliphatic heterocycles. The van der Waals surface area contributed by atoms with E-state index in [0.29, 0.717) is 22.9 Å². The Balaban J connectivity index is 1.94. The predicted molar refractivity (Wildman–Crippen MR) is 85.9 cm³/mol. The minimum Gasteiger partial charge on any atom is -0.399 e. The third-order valence-electron chi connectivity index (χ3n) is 2.64. The number of amides is 2. The molecule has 0 spiro atoms. The Morgan fingerprint density at radius 2 is 2.00 bits per heavy atom. The highest BCUT2D eigenvalue weighted by Crippen LogP contribution is 2.23. The van der Waals surface area contributed by atoms with Gasteiger partial charge in [-0.15, -0.1) is 0 Å². The van der Waals surface area contributed by atoms with E-state index < -0.39 is 0 Å². The van der Waals surface area contributed by atoms with Crippen LogP contribution in [0.5, 0.6) is 0 Å². The van der Waals surface area contributed by atoms with E-state index in [1.165, 1.54) is 0 Å². The molecule has 0 fully saturated rings. The van der Waals surface area contributed by atoms with E-state index in [2.05, 4.69) is 26.6 Å². The number of halogens is 2. The van der Waals surface area contributed by atoms with Crippen molar-refractivity contribution in [3.63, 3.8) is 0 Å². The number of nitrogen functional groups attached to an aromatic ring is 1. The standard InChI is InChI=1S/C14H13BrClN3O/c15-11-4-2-1-3-9(11)8-18-14(20)19-13-6-5-10(17)7-12(13)16/h1-7H,8,17H2,(H2,18,19,20). The number of hydrogen-bond donors (Lipinski definition) is 3. The molecular weight excluding hydrogens is 342 g/mol. The molecule has 0 heterocycles. The van der Waals surface area contributed by atoms with Gasteiger partial charge in [-0.3, -0.25) is 0 Å². The van der Waals surface area contributed by atoms with Gasteiger partial charge < -0.3 is 16.4 Å². The Morgan fingerprint density at radius 3 is 2.70 bits per heavy atom. The largest absolute Gasteiger partial charge is 0.399 e. The van der Waals surface area contributed by atoms with Gasteiger partial charge in [0.2, 0.25) is 0 Å². The van der Waals surface area contributed by atoms with Crippen molar-refractivity contribution in [1.82, 2.24) is 5.32 Å². The topological polar surface area (TPSA) is 67.1 Å². The number of anilines is 2. The highest BCUT2D eigenvalue weighted by Gasteiger charge is 2.06. The van der Waals surface area contributed by atoms with Gasteiger partial charge in [0.15, 0.2) is 0 Å². The molecule has 0 bridgehead atoms. The summed E-state index contributed by atoms with van der Waals surface area (Å²) in [5, 5.41) is 5.84. The molecule has 2 amide bonds. The first-order valence-corrected chi connectivity index (χ1v) is 7.06. The van der Waals surface area contributed by atoms with Crippen LogP contribution in [0.25, 0.3) is 0 Å². The summed E-state index contributed by atoms with van der Waals surface area (Å²) in [4.78, 5) is 11.8. The number of benzene rings is 2. The molecule has 0 radical (unpaired) electrons. The normalized spacial score (nSPS) is 10.1. The number of rotatable bonds is 3. The molecule has 2 aromatic rings. The van der Waals surface area contributed by atoms with Crippen LogP contribution in [-0.4, -0.2) is 6.03 Å². The van der Waals surface area contributed by atoms with Crippen molar-refractivity contribution in [1.29, 1.82) is 0 Å². The lowest BCUT2D eigenvalue weighted by Crippen LogP contribution is -2.28. The van der Waals surface area contributed by atoms with Crippen molar-refractivity contribution in [2.45, 2.75) is 6.54 Å². The fourth-order valence-corrected chi connectivity index (χ4v) is 2.28. The fraction of sp³-hybridized carbons (Fsp3) is 0.0714. The molecule has 2 rings (SSSR count). The monoisotopic (exact) mass is 353 g/mol. The first kappa shape index (κ1) is 14.7. The Hall–Kier alpha value is -1.72. The molecule has 0 aliphatic rings. The molecule has 6 heteroatoms. The Bertz CT molecular complexity index is 634. The van der Waals surface area contributed by atoms with Crippen molar-refractivity contribution in [3.05, 3.63) is 57.5 Å². The maximum atomic E-state index is 11.8.